The molecule has 0 spiro atoms. The molecule has 2 heterocycles. The molecule has 0 saturated heterocycles. The summed E-state index contributed by atoms with van der Waals surface area (Å²) in [6.45, 7) is 1.80. The average Bonchev–Trinajstić information content (AvgIpc) is 2.65. The van der Waals surface area contributed by atoms with Crippen LogP contribution in [0.2, 0.25) is 5.15 Å². The second-order valence-corrected chi connectivity index (χ2v) is 4.45. The van der Waals surface area contributed by atoms with Gasteiger partial charge < -0.3 is 0 Å². The first-order valence-electron chi connectivity index (χ1n) is 5.48. The van der Waals surface area contributed by atoms with E-state index in [1.54, 1.807) is 4.57 Å². The molecular weight excluding hydrogens is 256 g/mol. The van der Waals surface area contributed by atoms with Crippen LogP contribution in [-0.2, 0) is 4.79 Å². The third-order valence-corrected chi connectivity index (χ3v) is 3.16. The van der Waals surface area contributed by atoms with Crippen LogP contribution in [-0.4, -0.2) is 22.0 Å². The molecular formula is C11H11ClN4O2. The Kier molecular flexibility index (Phi) is 3.34. The second-order valence-electron chi connectivity index (χ2n) is 4.07. The van der Waals surface area contributed by atoms with Gasteiger partial charge >= 0.3 is 0 Å². The number of rotatable bonds is 2. The highest BCUT2D eigenvalue weighted by Crippen LogP contribution is 2.32. The number of carbonyl (C=O) groups is 1. The molecule has 18 heavy (non-hydrogen) atoms. The first kappa shape index (κ1) is 12.6. The van der Waals surface area contributed by atoms with Gasteiger partial charge in [-0.3, -0.25) is 19.1 Å². The predicted octanol–water partition coefficient (Wildman–Crippen LogP) is 1.11. The van der Waals surface area contributed by atoms with Crippen LogP contribution in [0, 0.1) is 11.3 Å². The molecule has 0 radical (unpaired) electrons. The van der Waals surface area contributed by atoms with E-state index in [0.717, 1.165) is 0 Å². The van der Waals surface area contributed by atoms with Crippen molar-refractivity contribution in [2.45, 2.75) is 25.8 Å². The summed E-state index contributed by atoms with van der Waals surface area (Å²) in [5, 5.41) is 8.87. The molecule has 1 aliphatic heterocycles. The summed E-state index contributed by atoms with van der Waals surface area (Å²) in [4.78, 5) is 28.1. The Hall–Kier alpha value is -1.87. The number of hydrogen-bond acceptors (Lipinski definition) is 4. The van der Waals surface area contributed by atoms with E-state index in [9.17, 15) is 9.59 Å². The Morgan fingerprint density at radius 1 is 1.72 bits per heavy atom. The van der Waals surface area contributed by atoms with Crippen molar-refractivity contribution in [3.63, 3.8) is 0 Å². The van der Waals surface area contributed by atoms with Gasteiger partial charge in [-0.05, 0) is 6.42 Å². The normalized spacial score (nSPS) is 17.4. The van der Waals surface area contributed by atoms with E-state index in [0.29, 0.717) is 19.4 Å². The van der Waals surface area contributed by atoms with Gasteiger partial charge in [-0.1, -0.05) is 11.6 Å². The number of aromatic nitrogens is 2. The summed E-state index contributed by atoms with van der Waals surface area (Å²) in [7, 11) is 0. The number of amides is 1. The lowest BCUT2D eigenvalue weighted by molar-refractivity contribution is -0.116. The van der Waals surface area contributed by atoms with Gasteiger partial charge in [-0.25, -0.2) is 0 Å². The van der Waals surface area contributed by atoms with E-state index in [-0.39, 0.29) is 23.1 Å². The smallest absolute Gasteiger partial charge is 0.275 e. The van der Waals surface area contributed by atoms with Crippen molar-refractivity contribution >= 4 is 23.5 Å². The minimum Gasteiger partial charge on any atom is -0.297 e. The summed E-state index contributed by atoms with van der Waals surface area (Å²) < 4.78 is 1.64. The van der Waals surface area contributed by atoms with E-state index >= 15 is 0 Å². The molecule has 94 valence electrons. The summed E-state index contributed by atoms with van der Waals surface area (Å²) >= 11 is 6.02. The van der Waals surface area contributed by atoms with Gasteiger partial charge in [0.25, 0.3) is 5.56 Å². The third kappa shape index (κ3) is 2.09. The van der Waals surface area contributed by atoms with Gasteiger partial charge in [-0.15, -0.1) is 0 Å². The van der Waals surface area contributed by atoms with Crippen molar-refractivity contribution in [3.05, 3.63) is 21.6 Å². The fraction of sp³-hybridized carbons (Fsp3) is 0.455. The van der Waals surface area contributed by atoms with Gasteiger partial charge in [0.1, 0.15) is 5.15 Å². The van der Waals surface area contributed by atoms with Crippen LogP contribution in [0.15, 0.2) is 10.9 Å². The minimum atomic E-state index is -0.474. The molecule has 1 atom stereocenters. The summed E-state index contributed by atoms with van der Waals surface area (Å²) in [5.74, 6) is 0.0697. The Labute approximate surface area is 108 Å². The summed E-state index contributed by atoms with van der Waals surface area (Å²) in [6.07, 6.45) is 0.926. The number of fused-ring (bicyclic) bond motifs is 1. The SMILES string of the molecule is CC(=O)N1CC(CCC#N)n2c(Cl)cc(=O)nc21. The molecule has 6 nitrogen and oxygen atoms in total. The lowest BCUT2D eigenvalue weighted by atomic mass is 10.1. The van der Waals surface area contributed by atoms with Crippen molar-refractivity contribution in [2.24, 2.45) is 0 Å². The lowest BCUT2D eigenvalue weighted by Crippen LogP contribution is -2.28. The van der Waals surface area contributed by atoms with Crippen LogP contribution in [0.4, 0.5) is 5.95 Å². The Bertz CT molecular complexity index is 590. The summed E-state index contributed by atoms with van der Waals surface area (Å²) in [6, 6.07) is 3.17. The first-order chi connectivity index (χ1) is 8.54. The van der Waals surface area contributed by atoms with Crippen LogP contribution in [0.1, 0.15) is 25.8 Å². The molecule has 2 rings (SSSR count). The maximum absolute atomic E-state index is 11.5. The maximum atomic E-state index is 11.5. The minimum absolute atomic E-state index is 0.107. The van der Waals surface area contributed by atoms with Crippen molar-refractivity contribution in [1.82, 2.24) is 9.55 Å². The van der Waals surface area contributed by atoms with Gasteiger partial charge in [-0.2, -0.15) is 10.2 Å². The monoisotopic (exact) mass is 266 g/mol. The van der Waals surface area contributed by atoms with E-state index in [1.807, 2.05) is 0 Å². The number of nitriles is 1. The highest BCUT2D eigenvalue weighted by Gasteiger charge is 2.32. The molecule has 0 fully saturated rings. The second kappa shape index (κ2) is 4.78. The van der Waals surface area contributed by atoms with Crippen molar-refractivity contribution in [3.8, 4) is 6.07 Å². The number of halogens is 1. The molecule has 1 aromatic rings. The molecule has 0 aromatic carbocycles. The number of hydrogen-bond donors (Lipinski definition) is 0. The maximum Gasteiger partial charge on any atom is 0.275 e. The van der Waals surface area contributed by atoms with Crippen LogP contribution < -0.4 is 10.5 Å². The molecule has 0 bridgehead atoms. The van der Waals surface area contributed by atoms with Crippen molar-refractivity contribution in [1.29, 1.82) is 5.26 Å². The third-order valence-electron chi connectivity index (χ3n) is 2.87. The number of carbonyl (C=O) groups excluding carboxylic acids is 1. The molecule has 0 saturated carbocycles. The summed E-state index contributed by atoms with van der Waals surface area (Å²) in [5.41, 5.74) is -0.474. The van der Waals surface area contributed by atoms with Crippen LogP contribution >= 0.6 is 11.6 Å². The van der Waals surface area contributed by atoms with Crippen LogP contribution in [0.3, 0.4) is 0 Å². The van der Waals surface area contributed by atoms with Crippen molar-refractivity contribution < 1.29 is 4.79 Å². The Morgan fingerprint density at radius 2 is 2.44 bits per heavy atom. The molecule has 1 aliphatic rings. The largest absolute Gasteiger partial charge is 0.297 e. The predicted molar refractivity (Wildman–Crippen MR) is 65.4 cm³/mol. The standard InChI is InChI=1S/C11H11ClN4O2/c1-7(17)15-6-8(3-2-4-13)16-9(12)5-10(18)14-11(15)16/h5,8H,2-3,6H2,1H3. The molecule has 1 aromatic heterocycles. The van der Waals surface area contributed by atoms with Crippen LogP contribution in [0.25, 0.3) is 0 Å². The average molecular weight is 267 g/mol. The van der Waals surface area contributed by atoms with Crippen molar-refractivity contribution in [2.75, 3.05) is 11.4 Å². The molecule has 1 unspecified atom stereocenters. The molecule has 0 aliphatic carbocycles. The quantitative estimate of drug-likeness (QED) is 0.751. The molecule has 7 heteroatoms. The Balaban J connectivity index is 2.48. The molecule has 1 amide bonds. The zero-order valence-corrected chi connectivity index (χ0v) is 10.5. The molecule has 0 N–H and O–H groups in total. The number of anilines is 1. The highest BCUT2D eigenvalue weighted by molar-refractivity contribution is 6.29. The van der Waals surface area contributed by atoms with E-state index < -0.39 is 5.56 Å². The van der Waals surface area contributed by atoms with E-state index in [4.69, 9.17) is 16.9 Å². The van der Waals surface area contributed by atoms with Crippen LogP contribution in [0.5, 0.6) is 0 Å². The zero-order chi connectivity index (χ0) is 13.3. The zero-order valence-electron chi connectivity index (χ0n) is 9.76. The first-order valence-corrected chi connectivity index (χ1v) is 5.86. The van der Waals surface area contributed by atoms with Gasteiger partial charge in [0, 0.05) is 26.0 Å². The number of nitrogens with zero attached hydrogens (tertiary/aromatic N) is 4. The topological polar surface area (TPSA) is 79.0 Å². The van der Waals surface area contributed by atoms with E-state index in [2.05, 4.69) is 11.1 Å². The highest BCUT2D eigenvalue weighted by atomic mass is 35.5. The fourth-order valence-corrected chi connectivity index (χ4v) is 2.38. The van der Waals surface area contributed by atoms with Gasteiger partial charge in [0.2, 0.25) is 11.9 Å². The van der Waals surface area contributed by atoms with Gasteiger partial charge in [0.15, 0.2) is 0 Å². The van der Waals surface area contributed by atoms with E-state index in [1.165, 1.54) is 17.9 Å². The Morgan fingerprint density at radius 3 is 3.06 bits per heavy atom. The lowest BCUT2D eigenvalue weighted by Gasteiger charge is -2.12. The van der Waals surface area contributed by atoms with Gasteiger partial charge in [0.05, 0.1) is 12.1 Å². The fourth-order valence-electron chi connectivity index (χ4n) is 2.07.